The predicted molar refractivity (Wildman–Crippen MR) is 61.8 cm³/mol. The normalized spacial score (nSPS) is 15.6. The number of amides is 1. The first-order chi connectivity index (χ1) is 13.5. The summed E-state index contributed by atoms with van der Waals surface area (Å²) in [5, 5.41) is -0.0678. The SMILES string of the molecule is O=C(Nc1c(F)c(F)c(F)c(F)c1F)[C@](F)(OC(F)(F)C(F)(F)C(F)(F)F)C(F)(F)F. The number of hydrogen-bond donors (Lipinski definition) is 1. The highest BCUT2D eigenvalue weighted by atomic mass is 19.4. The number of rotatable bonds is 5. The van der Waals surface area contributed by atoms with Crippen LogP contribution < -0.4 is 5.32 Å². The van der Waals surface area contributed by atoms with Gasteiger partial charge in [-0.1, -0.05) is 0 Å². The smallest absolute Gasteiger partial charge is 0.316 e. The first kappa shape index (κ1) is 26.6. The van der Waals surface area contributed by atoms with Crippen molar-refractivity contribution in [2.75, 3.05) is 5.32 Å². The van der Waals surface area contributed by atoms with Crippen molar-refractivity contribution < 1.29 is 79.8 Å². The molecule has 0 aliphatic heterocycles. The fourth-order valence-corrected chi connectivity index (χ4v) is 1.55. The molecule has 1 aromatic carbocycles. The maximum atomic E-state index is 13.9. The Morgan fingerprint density at radius 2 is 0.968 bits per heavy atom. The van der Waals surface area contributed by atoms with Gasteiger partial charge in [-0.15, -0.1) is 0 Å². The fraction of sp³-hybridized carbons (Fsp3) is 0.417. The molecule has 0 fully saturated rings. The number of halogens is 16. The maximum absolute atomic E-state index is 13.9. The van der Waals surface area contributed by atoms with Crippen molar-refractivity contribution in [1.82, 2.24) is 0 Å². The molecule has 1 amide bonds. The van der Waals surface area contributed by atoms with E-state index in [1.54, 1.807) is 4.74 Å². The van der Waals surface area contributed by atoms with Crippen LogP contribution >= 0.6 is 0 Å². The molecular weight excluding hydrogens is 494 g/mol. The fourth-order valence-electron chi connectivity index (χ4n) is 1.55. The van der Waals surface area contributed by atoms with Crippen LogP contribution in [0.3, 0.4) is 0 Å². The third kappa shape index (κ3) is 4.31. The second-order valence-electron chi connectivity index (χ2n) is 5.18. The molecule has 0 saturated heterocycles. The van der Waals surface area contributed by atoms with Gasteiger partial charge in [0, 0.05) is 0 Å². The van der Waals surface area contributed by atoms with Crippen molar-refractivity contribution in [3.63, 3.8) is 0 Å². The van der Waals surface area contributed by atoms with Crippen molar-refractivity contribution in [3.8, 4) is 0 Å². The van der Waals surface area contributed by atoms with Crippen LogP contribution in [0.4, 0.5) is 75.9 Å². The number of nitrogens with one attached hydrogen (secondary N) is 1. The minimum absolute atomic E-state index is 0.0678. The molecule has 0 aliphatic carbocycles. The zero-order valence-electron chi connectivity index (χ0n) is 13.4. The zero-order valence-corrected chi connectivity index (χ0v) is 13.4. The molecule has 1 aromatic rings. The van der Waals surface area contributed by atoms with Crippen molar-refractivity contribution in [1.29, 1.82) is 0 Å². The Balaban J connectivity index is 3.54. The van der Waals surface area contributed by atoms with Gasteiger partial charge in [0.2, 0.25) is 5.82 Å². The molecule has 0 spiro atoms. The molecule has 178 valence electrons. The highest BCUT2D eigenvalue weighted by molar-refractivity contribution is 5.97. The van der Waals surface area contributed by atoms with Crippen LogP contribution in [0, 0.1) is 29.1 Å². The molecule has 31 heavy (non-hydrogen) atoms. The molecule has 1 N–H and O–H groups in total. The molecule has 0 heterocycles. The second kappa shape index (κ2) is 7.59. The second-order valence-corrected chi connectivity index (χ2v) is 5.18. The Labute approximate surface area is 157 Å². The van der Waals surface area contributed by atoms with Gasteiger partial charge in [-0.3, -0.25) is 9.53 Å². The summed E-state index contributed by atoms with van der Waals surface area (Å²) < 4.78 is 206. The van der Waals surface area contributed by atoms with Crippen LogP contribution in [-0.2, 0) is 9.53 Å². The Hall–Kier alpha value is -2.47. The molecule has 0 unspecified atom stereocenters. The number of carbonyl (C=O) groups is 1. The lowest BCUT2D eigenvalue weighted by Crippen LogP contribution is -2.62. The summed E-state index contributed by atoms with van der Waals surface area (Å²) in [4.78, 5) is 11.3. The van der Waals surface area contributed by atoms with Crippen LogP contribution in [-0.4, -0.2) is 36.1 Å². The first-order valence-corrected chi connectivity index (χ1v) is 6.64. The quantitative estimate of drug-likeness (QED) is 0.340. The van der Waals surface area contributed by atoms with Gasteiger partial charge in [0.15, 0.2) is 23.3 Å². The largest absolute Gasteiger partial charge is 0.462 e. The van der Waals surface area contributed by atoms with E-state index in [2.05, 4.69) is 0 Å². The minimum Gasteiger partial charge on any atom is -0.316 e. The van der Waals surface area contributed by atoms with Gasteiger partial charge in [-0.05, 0) is 0 Å². The Kier molecular flexibility index (Phi) is 6.50. The van der Waals surface area contributed by atoms with E-state index in [-0.39, 0.29) is 5.32 Å². The number of benzene rings is 1. The van der Waals surface area contributed by atoms with E-state index >= 15 is 0 Å². The van der Waals surface area contributed by atoms with E-state index in [0.717, 1.165) is 0 Å². The van der Waals surface area contributed by atoms with Crippen molar-refractivity contribution in [2.45, 2.75) is 30.2 Å². The van der Waals surface area contributed by atoms with Crippen LogP contribution in [0.15, 0.2) is 0 Å². The summed E-state index contributed by atoms with van der Waals surface area (Å²) in [7, 11) is 0. The number of ether oxygens (including phenoxy) is 1. The molecule has 0 aromatic heterocycles. The summed E-state index contributed by atoms with van der Waals surface area (Å²) in [5.41, 5.74) is -2.80. The topological polar surface area (TPSA) is 38.3 Å². The highest BCUT2D eigenvalue weighted by Crippen LogP contribution is 2.51. The average Bonchev–Trinajstić information content (AvgIpc) is 2.59. The molecule has 1 rings (SSSR count). The molecule has 0 saturated carbocycles. The third-order valence-corrected chi connectivity index (χ3v) is 3.10. The number of alkyl halides is 11. The van der Waals surface area contributed by atoms with Crippen molar-refractivity contribution in [3.05, 3.63) is 29.1 Å². The lowest BCUT2D eigenvalue weighted by Gasteiger charge is -2.34. The van der Waals surface area contributed by atoms with Crippen molar-refractivity contribution >= 4 is 11.6 Å². The van der Waals surface area contributed by atoms with Gasteiger partial charge < -0.3 is 5.32 Å². The van der Waals surface area contributed by atoms with Crippen LogP contribution in [0.25, 0.3) is 0 Å². The third-order valence-electron chi connectivity index (χ3n) is 3.10. The summed E-state index contributed by atoms with van der Waals surface area (Å²) in [6.07, 6.45) is -22.1. The van der Waals surface area contributed by atoms with E-state index < -0.39 is 70.9 Å². The molecule has 1 atom stereocenters. The first-order valence-electron chi connectivity index (χ1n) is 6.64. The Morgan fingerprint density at radius 1 is 0.613 bits per heavy atom. The Morgan fingerprint density at radius 3 is 1.29 bits per heavy atom. The molecule has 0 radical (unpaired) electrons. The van der Waals surface area contributed by atoms with E-state index in [0.29, 0.717) is 0 Å². The zero-order chi connectivity index (χ0) is 25.0. The Bertz CT molecular complexity index is 846. The molecule has 3 nitrogen and oxygen atoms in total. The predicted octanol–water partition coefficient (Wildman–Crippen LogP) is 5.36. The van der Waals surface area contributed by atoms with Gasteiger partial charge in [0.05, 0.1) is 0 Å². The standard InChI is InChI=1S/C12HF16NO2/c13-1-2(14)4(16)6(5(17)3(1)15)29-7(30)8(18,10(21,22)23)31-12(27,28)9(19,20)11(24,25)26/h(H,29,30)/t8-/m0/s1. The van der Waals surface area contributed by atoms with Gasteiger partial charge >= 0.3 is 30.2 Å². The minimum atomic E-state index is -7.56. The van der Waals surface area contributed by atoms with Gasteiger partial charge in [0.25, 0.3) is 5.91 Å². The molecule has 19 heteroatoms. The number of hydrogen-bond acceptors (Lipinski definition) is 2. The van der Waals surface area contributed by atoms with E-state index in [1.807, 2.05) is 0 Å². The van der Waals surface area contributed by atoms with E-state index in [9.17, 15) is 75.0 Å². The van der Waals surface area contributed by atoms with E-state index in [4.69, 9.17) is 0 Å². The summed E-state index contributed by atoms with van der Waals surface area (Å²) in [6.45, 7) is 0. The van der Waals surface area contributed by atoms with Crippen molar-refractivity contribution in [2.24, 2.45) is 0 Å². The van der Waals surface area contributed by atoms with Crippen LogP contribution in [0.2, 0.25) is 0 Å². The molecule has 0 aliphatic rings. The number of anilines is 1. The monoisotopic (exact) mass is 495 g/mol. The van der Waals surface area contributed by atoms with Gasteiger partial charge in [-0.2, -0.15) is 48.3 Å². The maximum Gasteiger partial charge on any atom is 0.462 e. The van der Waals surface area contributed by atoms with Crippen LogP contribution in [0.1, 0.15) is 0 Å². The lowest BCUT2D eigenvalue weighted by molar-refractivity contribution is -0.472. The van der Waals surface area contributed by atoms with Crippen LogP contribution in [0.5, 0.6) is 0 Å². The highest BCUT2D eigenvalue weighted by Gasteiger charge is 2.79. The molecule has 0 bridgehead atoms. The van der Waals surface area contributed by atoms with E-state index in [1.165, 1.54) is 0 Å². The van der Waals surface area contributed by atoms with Gasteiger partial charge in [0.1, 0.15) is 5.69 Å². The lowest BCUT2D eigenvalue weighted by atomic mass is 10.2. The van der Waals surface area contributed by atoms with Gasteiger partial charge in [-0.25, -0.2) is 22.0 Å². The summed E-state index contributed by atoms with van der Waals surface area (Å²) >= 11 is 0. The molecular formula is C12HF16NO2. The summed E-state index contributed by atoms with van der Waals surface area (Å²) in [6, 6.07) is 0. The number of carbonyl (C=O) groups excluding carboxylic acids is 1. The summed E-state index contributed by atoms with van der Waals surface area (Å²) in [5.74, 6) is -33.7. The average molecular weight is 495 g/mol.